The third-order valence-corrected chi connectivity index (χ3v) is 5.92. The van der Waals surface area contributed by atoms with Crippen molar-refractivity contribution in [1.29, 1.82) is 0 Å². The monoisotopic (exact) mass is 386 g/mol. The van der Waals surface area contributed by atoms with Crippen LogP contribution in [0.15, 0.2) is 28.8 Å². The van der Waals surface area contributed by atoms with E-state index < -0.39 is 0 Å². The molecule has 1 aromatic carbocycles. The Morgan fingerprint density at radius 1 is 1.29 bits per heavy atom. The summed E-state index contributed by atoms with van der Waals surface area (Å²) in [4.78, 5) is 31.1. The number of piperazine rings is 1. The summed E-state index contributed by atoms with van der Waals surface area (Å²) >= 11 is 0. The maximum Gasteiger partial charge on any atom is 0.259 e. The minimum atomic E-state index is -0.375. The molecule has 2 amide bonds. The second kappa shape index (κ2) is 6.70. The van der Waals surface area contributed by atoms with Gasteiger partial charge in [0.25, 0.3) is 5.91 Å². The fraction of sp³-hybridized carbons (Fsp3) is 0.450. The first-order chi connectivity index (χ1) is 13.3. The lowest BCUT2D eigenvalue weighted by Gasteiger charge is -2.46. The molecule has 2 saturated heterocycles. The Bertz CT molecular complexity index is 924. The number of carbonyl (C=O) groups excluding carboxylic acids is 2. The summed E-state index contributed by atoms with van der Waals surface area (Å²) in [6.45, 7) is 5.20. The van der Waals surface area contributed by atoms with Gasteiger partial charge in [-0.25, -0.2) is 4.39 Å². The Kier molecular flexibility index (Phi) is 4.45. The summed E-state index contributed by atoms with van der Waals surface area (Å²) in [6, 6.07) is 6.07. The number of anilines is 1. The molecule has 4 rings (SSSR count). The van der Waals surface area contributed by atoms with Crippen LogP contribution in [-0.2, 0) is 4.79 Å². The molecule has 2 aliphatic rings. The van der Waals surface area contributed by atoms with Crippen LogP contribution in [0, 0.1) is 19.7 Å². The number of aromatic nitrogens is 1. The standard InChI is InChI=1S/C20H23FN4O3/c1-13-18(14(2)28-22-13)19(27)24-8-7-20(11-24)12-25(17(26)10-23(20)3)16-6-4-5-15(21)9-16/h4-6,9H,7-8,10-12H2,1-3H3/t20-/m0/s1. The average molecular weight is 386 g/mol. The minimum Gasteiger partial charge on any atom is -0.361 e. The lowest BCUT2D eigenvalue weighted by atomic mass is 9.92. The van der Waals surface area contributed by atoms with Crippen LogP contribution in [0.3, 0.4) is 0 Å². The number of hydrogen-bond acceptors (Lipinski definition) is 5. The molecule has 7 nitrogen and oxygen atoms in total. The van der Waals surface area contributed by atoms with Crippen LogP contribution in [0.5, 0.6) is 0 Å². The first-order valence-corrected chi connectivity index (χ1v) is 9.30. The summed E-state index contributed by atoms with van der Waals surface area (Å²) in [5.41, 5.74) is 1.27. The molecular weight excluding hydrogens is 363 g/mol. The predicted molar refractivity (Wildman–Crippen MR) is 101 cm³/mol. The number of aryl methyl sites for hydroxylation is 2. The van der Waals surface area contributed by atoms with E-state index in [1.807, 2.05) is 11.9 Å². The van der Waals surface area contributed by atoms with Crippen LogP contribution >= 0.6 is 0 Å². The predicted octanol–water partition coefficient (Wildman–Crippen LogP) is 1.99. The molecule has 0 aliphatic carbocycles. The van der Waals surface area contributed by atoms with E-state index in [9.17, 15) is 14.0 Å². The van der Waals surface area contributed by atoms with E-state index in [0.717, 1.165) is 6.42 Å². The van der Waals surface area contributed by atoms with E-state index in [1.165, 1.54) is 12.1 Å². The van der Waals surface area contributed by atoms with E-state index in [2.05, 4.69) is 5.16 Å². The number of hydrogen-bond donors (Lipinski definition) is 0. The summed E-state index contributed by atoms with van der Waals surface area (Å²) in [7, 11) is 1.91. The second-order valence-corrected chi connectivity index (χ2v) is 7.72. The zero-order valence-corrected chi connectivity index (χ0v) is 16.2. The zero-order valence-electron chi connectivity index (χ0n) is 16.2. The van der Waals surface area contributed by atoms with E-state index in [4.69, 9.17) is 4.52 Å². The number of halogens is 1. The Balaban J connectivity index is 1.59. The van der Waals surface area contributed by atoms with Gasteiger partial charge in [0.05, 0.1) is 17.8 Å². The maximum absolute atomic E-state index is 13.7. The van der Waals surface area contributed by atoms with Crippen molar-refractivity contribution in [3.8, 4) is 0 Å². The van der Waals surface area contributed by atoms with Gasteiger partial charge in [-0.2, -0.15) is 0 Å². The summed E-state index contributed by atoms with van der Waals surface area (Å²) in [5.74, 6) is -0.0399. The van der Waals surface area contributed by atoms with Crippen molar-refractivity contribution in [3.63, 3.8) is 0 Å². The number of rotatable bonds is 2. The van der Waals surface area contributed by atoms with E-state index in [0.29, 0.717) is 42.3 Å². The molecule has 2 fully saturated rings. The molecule has 1 atom stereocenters. The van der Waals surface area contributed by atoms with Gasteiger partial charge in [0, 0.05) is 25.3 Å². The number of benzene rings is 1. The van der Waals surface area contributed by atoms with Gasteiger partial charge in [-0.1, -0.05) is 11.2 Å². The van der Waals surface area contributed by atoms with Gasteiger partial charge in [0.1, 0.15) is 17.1 Å². The Hall–Kier alpha value is -2.74. The highest BCUT2D eigenvalue weighted by atomic mass is 19.1. The van der Waals surface area contributed by atoms with Crippen molar-refractivity contribution in [1.82, 2.24) is 15.0 Å². The SMILES string of the molecule is Cc1noc(C)c1C(=O)N1CC[C@]2(C1)CN(c1cccc(F)c1)C(=O)CN2C. The summed E-state index contributed by atoms with van der Waals surface area (Å²) < 4.78 is 18.8. The molecular formula is C20H23FN4O3. The molecule has 0 saturated carbocycles. The Morgan fingerprint density at radius 3 is 2.75 bits per heavy atom. The molecule has 2 aliphatic heterocycles. The second-order valence-electron chi connectivity index (χ2n) is 7.72. The lowest BCUT2D eigenvalue weighted by molar-refractivity contribution is -0.123. The van der Waals surface area contributed by atoms with Crippen molar-refractivity contribution in [2.75, 3.05) is 38.1 Å². The normalized spacial score (nSPS) is 23.1. The van der Waals surface area contributed by atoms with Crippen LogP contribution in [0.25, 0.3) is 0 Å². The number of carbonyl (C=O) groups is 2. The molecule has 28 heavy (non-hydrogen) atoms. The van der Waals surface area contributed by atoms with Crippen molar-refractivity contribution in [3.05, 3.63) is 47.1 Å². The number of amides is 2. The zero-order chi connectivity index (χ0) is 20.1. The number of nitrogens with zero attached hydrogens (tertiary/aromatic N) is 4. The van der Waals surface area contributed by atoms with Gasteiger partial charge in [-0.15, -0.1) is 0 Å². The fourth-order valence-corrected chi connectivity index (χ4v) is 4.26. The number of likely N-dealkylation sites (N-methyl/N-ethyl adjacent to an activating group) is 1. The van der Waals surface area contributed by atoms with Crippen LogP contribution in [0.2, 0.25) is 0 Å². The Morgan fingerprint density at radius 2 is 2.07 bits per heavy atom. The minimum absolute atomic E-state index is 0.0748. The topological polar surface area (TPSA) is 69.9 Å². The maximum atomic E-state index is 13.7. The first-order valence-electron chi connectivity index (χ1n) is 9.30. The lowest BCUT2D eigenvalue weighted by Crippen LogP contribution is -2.64. The van der Waals surface area contributed by atoms with Gasteiger partial charge in [-0.05, 0) is 45.5 Å². The molecule has 8 heteroatoms. The van der Waals surface area contributed by atoms with Crippen molar-refractivity contribution < 1.29 is 18.5 Å². The smallest absolute Gasteiger partial charge is 0.259 e. The highest BCUT2D eigenvalue weighted by Gasteiger charge is 2.49. The third kappa shape index (κ3) is 2.97. The van der Waals surface area contributed by atoms with Crippen molar-refractivity contribution in [2.45, 2.75) is 25.8 Å². The highest BCUT2D eigenvalue weighted by molar-refractivity contribution is 5.97. The van der Waals surface area contributed by atoms with Gasteiger partial charge < -0.3 is 14.3 Å². The van der Waals surface area contributed by atoms with Gasteiger partial charge in [-0.3, -0.25) is 14.5 Å². The molecule has 0 N–H and O–H groups in total. The molecule has 1 aromatic heterocycles. The first kappa shape index (κ1) is 18.6. The fourth-order valence-electron chi connectivity index (χ4n) is 4.26. The van der Waals surface area contributed by atoms with Crippen molar-refractivity contribution >= 4 is 17.5 Å². The van der Waals surface area contributed by atoms with E-state index >= 15 is 0 Å². The van der Waals surface area contributed by atoms with Crippen LogP contribution in [0.4, 0.5) is 10.1 Å². The van der Waals surface area contributed by atoms with Crippen LogP contribution in [0.1, 0.15) is 28.2 Å². The van der Waals surface area contributed by atoms with Crippen LogP contribution < -0.4 is 4.90 Å². The number of likely N-dealkylation sites (tertiary alicyclic amines) is 1. The van der Waals surface area contributed by atoms with E-state index in [-0.39, 0.29) is 29.7 Å². The molecule has 0 unspecified atom stereocenters. The quantitative estimate of drug-likeness (QED) is 0.790. The molecule has 1 spiro atoms. The van der Waals surface area contributed by atoms with Crippen LogP contribution in [-0.4, -0.2) is 65.5 Å². The molecule has 3 heterocycles. The molecule has 148 valence electrons. The third-order valence-electron chi connectivity index (χ3n) is 5.92. The van der Waals surface area contributed by atoms with Crippen molar-refractivity contribution in [2.24, 2.45) is 0 Å². The average Bonchev–Trinajstić information content (AvgIpc) is 3.22. The van der Waals surface area contributed by atoms with Gasteiger partial charge in [0.15, 0.2) is 0 Å². The van der Waals surface area contributed by atoms with Gasteiger partial charge >= 0.3 is 0 Å². The summed E-state index contributed by atoms with van der Waals surface area (Å²) in [6.07, 6.45) is 0.734. The largest absolute Gasteiger partial charge is 0.361 e. The molecule has 2 aromatic rings. The highest BCUT2D eigenvalue weighted by Crippen LogP contribution is 2.34. The van der Waals surface area contributed by atoms with Gasteiger partial charge in [0.2, 0.25) is 5.91 Å². The molecule has 0 radical (unpaired) electrons. The van der Waals surface area contributed by atoms with E-state index in [1.54, 1.807) is 35.8 Å². The Labute approximate surface area is 162 Å². The molecule has 0 bridgehead atoms. The summed E-state index contributed by atoms with van der Waals surface area (Å²) in [5, 5.41) is 3.88.